The van der Waals surface area contributed by atoms with Crippen LogP contribution in [0.1, 0.15) is 31.1 Å². The molecule has 0 aliphatic rings. The zero-order valence-corrected chi connectivity index (χ0v) is 14.8. The first-order valence-corrected chi connectivity index (χ1v) is 8.51. The molecule has 0 fully saturated rings. The summed E-state index contributed by atoms with van der Waals surface area (Å²) in [7, 11) is 0. The third-order valence-electron chi connectivity index (χ3n) is 3.29. The van der Waals surface area contributed by atoms with Gasteiger partial charge in [-0.1, -0.05) is 51.1 Å². The van der Waals surface area contributed by atoms with Crippen LogP contribution in [-0.2, 0) is 4.79 Å². The van der Waals surface area contributed by atoms with E-state index in [1.807, 2.05) is 50.4 Å². The van der Waals surface area contributed by atoms with Gasteiger partial charge in [-0.25, -0.2) is 4.79 Å². The van der Waals surface area contributed by atoms with Crippen molar-refractivity contribution in [3.8, 4) is 10.4 Å². The third kappa shape index (κ3) is 5.06. The van der Waals surface area contributed by atoms with E-state index in [4.69, 9.17) is 0 Å². The van der Waals surface area contributed by atoms with Gasteiger partial charge in [-0.05, 0) is 34.6 Å². The minimum Gasteiger partial charge on any atom is -0.479 e. The van der Waals surface area contributed by atoms with Crippen LogP contribution in [0.2, 0.25) is 0 Å². The average Bonchev–Trinajstić information content (AvgIpc) is 3.04. The number of rotatable bonds is 5. The average molecular weight is 343 g/mol. The molecule has 0 spiro atoms. The fourth-order valence-corrected chi connectivity index (χ4v) is 2.76. The van der Waals surface area contributed by atoms with Gasteiger partial charge in [-0.3, -0.25) is 4.79 Å². The molecule has 126 valence electrons. The van der Waals surface area contributed by atoms with Crippen LogP contribution in [0.15, 0.2) is 53.9 Å². The number of amides is 1. The Balaban J connectivity index is 2.10. The topological polar surface area (TPSA) is 66.4 Å². The summed E-state index contributed by atoms with van der Waals surface area (Å²) in [6.45, 7) is 5.90. The normalized spacial score (nSPS) is 13.0. The first-order valence-electron chi connectivity index (χ1n) is 7.63. The van der Waals surface area contributed by atoms with E-state index in [0.717, 1.165) is 10.4 Å². The van der Waals surface area contributed by atoms with Gasteiger partial charge in [0.1, 0.15) is 6.04 Å². The number of carboxylic acid groups (broad SMARTS) is 1. The van der Waals surface area contributed by atoms with E-state index in [2.05, 4.69) is 5.32 Å². The molecule has 0 saturated carbocycles. The predicted octanol–water partition coefficient (Wildman–Crippen LogP) is 4.20. The number of carboxylic acids is 1. The van der Waals surface area contributed by atoms with Gasteiger partial charge in [-0.2, -0.15) is 0 Å². The van der Waals surface area contributed by atoms with Crippen LogP contribution in [0.3, 0.4) is 0 Å². The Labute approximate surface area is 145 Å². The fraction of sp³-hybridized carbons (Fsp3) is 0.263. The van der Waals surface area contributed by atoms with Crippen molar-refractivity contribution in [2.24, 2.45) is 5.41 Å². The van der Waals surface area contributed by atoms with Gasteiger partial charge in [0.05, 0.1) is 0 Å². The Hall–Kier alpha value is -2.40. The quantitative estimate of drug-likeness (QED) is 0.800. The maximum Gasteiger partial charge on any atom is 0.330 e. The molecular formula is C19H21NO3S. The highest BCUT2D eigenvalue weighted by atomic mass is 32.1. The minimum atomic E-state index is -1.08. The molecule has 1 aromatic heterocycles. The summed E-state index contributed by atoms with van der Waals surface area (Å²) in [5.74, 6) is -1.49. The van der Waals surface area contributed by atoms with Gasteiger partial charge in [0, 0.05) is 10.4 Å². The first kappa shape index (κ1) is 17.9. The number of hydrogen-bond donors (Lipinski definition) is 2. The summed E-state index contributed by atoms with van der Waals surface area (Å²) in [5, 5.41) is 13.8. The monoisotopic (exact) mass is 343 g/mol. The molecule has 0 bridgehead atoms. The number of benzene rings is 1. The molecule has 1 amide bonds. The lowest BCUT2D eigenvalue weighted by molar-refractivity contribution is -0.137. The van der Waals surface area contributed by atoms with Gasteiger partial charge in [0.2, 0.25) is 0 Å². The van der Waals surface area contributed by atoms with Crippen molar-refractivity contribution in [3.05, 3.63) is 59.5 Å². The molecule has 2 rings (SSSR count). The molecule has 5 heteroatoms. The molecule has 0 saturated heterocycles. The summed E-state index contributed by atoms with van der Waals surface area (Å²) in [4.78, 5) is 24.7. The van der Waals surface area contributed by atoms with Crippen LogP contribution in [-0.4, -0.2) is 23.0 Å². The molecule has 4 nitrogen and oxygen atoms in total. The van der Waals surface area contributed by atoms with Crippen LogP contribution in [0.25, 0.3) is 10.4 Å². The lowest BCUT2D eigenvalue weighted by Gasteiger charge is -2.15. The zero-order chi connectivity index (χ0) is 17.7. The molecule has 0 radical (unpaired) electrons. The van der Waals surface area contributed by atoms with Gasteiger partial charge >= 0.3 is 5.97 Å². The van der Waals surface area contributed by atoms with Crippen LogP contribution in [0.4, 0.5) is 0 Å². The Kier molecular flexibility index (Phi) is 5.57. The molecule has 0 aliphatic heterocycles. The lowest BCUT2D eigenvalue weighted by atomic mass is 9.95. The van der Waals surface area contributed by atoms with Crippen molar-refractivity contribution in [2.45, 2.75) is 26.8 Å². The lowest BCUT2D eigenvalue weighted by Crippen LogP contribution is -2.39. The summed E-state index contributed by atoms with van der Waals surface area (Å²) >= 11 is 1.63. The van der Waals surface area contributed by atoms with E-state index in [1.54, 1.807) is 29.5 Å². The number of carbonyl (C=O) groups is 2. The van der Waals surface area contributed by atoms with Gasteiger partial charge in [-0.15, -0.1) is 11.3 Å². The second kappa shape index (κ2) is 7.45. The molecule has 1 heterocycles. The van der Waals surface area contributed by atoms with Gasteiger partial charge < -0.3 is 10.4 Å². The Morgan fingerprint density at radius 1 is 1.17 bits per heavy atom. The van der Waals surface area contributed by atoms with E-state index >= 15 is 0 Å². The van der Waals surface area contributed by atoms with Crippen LogP contribution < -0.4 is 5.32 Å². The Morgan fingerprint density at radius 3 is 2.33 bits per heavy atom. The molecule has 2 N–H and O–H groups in total. The number of aliphatic carboxylic acids is 1. The van der Waals surface area contributed by atoms with E-state index in [9.17, 15) is 14.7 Å². The highest BCUT2D eigenvalue weighted by molar-refractivity contribution is 7.13. The molecule has 1 aromatic carbocycles. The van der Waals surface area contributed by atoms with Crippen LogP contribution in [0, 0.1) is 5.41 Å². The maximum atomic E-state index is 12.3. The van der Waals surface area contributed by atoms with Crippen LogP contribution >= 0.6 is 11.3 Å². The van der Waals surface area contributed by atoms with Crippen LogP contribution in [0.5, 0.6) is 0 Å². The number of thiophene rings is 1. The SMILES string of the molecule is CC(C)(C)/C=C/C(NC(=O)c1ccc(-c2cccs2)cc1)C(=O)O. The maximum absolute atomic E-state index is 12.3. The summed E-state index contributed by atoms with van der Waals surface area (Å²) < 4.78 is 0. The fourth-order valence-electron chi connectivity index (χ4n) is 2.03. The first-order chi connectivity index (χ1) is 11.3. The summed E-state index contributed by atoms with van der Waals surface area (Å²) in [6.07, 6.45) is 3.30. The third-order valence-corrected chi connectivity index (χ3v) is 4.21. The summed E-state index contributed by atoms with van der Waals surface area (Å²) in [6, 6.07) is 10.1. The molecule has 0 aliphatic carbocycles. The molecule has 1 atom stereocenters. The second-order valence-electron chi connectivity index (χ2n) is 6.57. The molecular weight excluding hydrogens is 322 g/mol. The van der Waals surface area contributed by atoms with Gasteiger partial charge in [0.15, 0.2) is 0 Å². The highest BCUT2D eigenvalue weighted by Gasteiger charge is 2.19. The smallest absolute Gasteiger partial charge is 0.330 e. The Morgan fingerprint density at radius 2 is 1.83 bits per heavy atom. The molecule has 2 aromatic rings. The number of allylic oxidation sites excluding steroid dienone is 1. The summed E-state index contributed by atoms with van der Waals surface area (Å²) in [5.41, 5.74) is 1.32. The number of carbonyl (C=O) groups excluding carboxylic acids is 1. The largest absolute Gasteiger partial charge is 0.479 e. The Bertz CT molecular complexity index is 725. The van der Waals surface area contributed by atoms with E-state index in [-0.39, 0.29) is 5.41 Å². The molecule has 1 unspecified atom stereocenters. The highest BCUT2D eigenvalue weighted by Crippen LogP contribution is 2.24. The van der Waals surface area contributed by atoms with Crippen molar-refractivity contribution < 1.29 is 14.7 Å². The van der Waals surface area contributed by atoms with Crippen molar-refractivity contribution in [3.63, 3.8) is 0 Å². The predicted molar refractivity (Wildman–Crippen MR) is 97.2 cm³/mol. The van der Waals surface area contributed by atoms with Crippen molar-refractivity contribution in [1.82, 2.24) is 5.32 Å². The second-order valence-corrected chi connectivity index (χ2v) is 7.52. The van der Waals surface area contributed by atoms with E-state index < -0.39 is 17.9 Å². The number of hydrogen-bond acceptors (Lipinski definition) is 3. The minimum absolute atomic E-state index is 0.152. The standard InChI is InChI=1S/C19H21NO3S/c1-19(2,3)11-10-15(18(22)23)20-17(21)14-8-6-13(7-9-14)16-5-4-12-24-16/h4-12,15H,1-3H3,(H,20,21)(H,22,23)/b11-10+. The molecule has 24 heavy (non-hydrogen) atoms. The van der Waals surface area contributed by atoms with E-state index in [0.29, 0.717) is 5.56 Å². The van der Waals surface area contributed by atoms with Gasteiger partial charge in [0.25, 0.3) is 5.91 Å². The van der Waals surface area contributed by atoms with E-state index in [1.165, 1.54) is 6.08 Å². The van der Waals surface area contributed by atoms with Crippen molar-refractivity contribution >= 4 is 23.2 Å². The number of nitrogens with one attached hydrogen (secondary N) is 1. The van der Waals surface area contributed by atoms with Crippen molar-refractivity contribution in [1.29, 1.82) is 0 Å². The van der Waals surface area contributed by atoms with Crippen molar-refractivity contribution in [2.75, 3.05) is 0 Å². The zero-order valence-electron chi connectivity index (χ0n) is 13.9.